The van der Waals surface area contributed by atoms with E-state index in [1.807, 2.05) is 6.92 Å². The molecule has 0 aliphatic carbocycles. The lowest BCUT2D eigenvalue weighted by atomic mass is 9.98. The van der Waals surface area contributed by atoms with Crippen LogP contribution in [0.3, 0.4) is 0 Å². The lowest BCUT2D eigenvalue weighted by Gasteiger charge is -2.26. The quantitative estimate of drug-likeness (QED) is 0.473. The Hall–Kier alpha value is -0.200. The Labute approximate surface area is 120 Å². The van der Waals surface area contributed by atoms with Crippen molar-refractivity contribution in [3.8, 4) is 0 Å². The molecule has 2 atom stereocenters. The molecule has 0 fully saturated rings. The minimum Gasteiger partial charge on any atom is -0.379 e. The van der Waals surface area contributed by atoms with Gasteiger partial charge in [-0.3, -0.25) is 11.3 Å². The molecule has 0 spiro atoms. The smallest absolute Gasteiger partial charge is 0.147 e. The maximum absolute atomic E-state index is 14.1. The van der Waals surface area contributed by atoms with Gasteiger partial charge in [0.15, 0.2) is 0 Å². The van der Waals surface area contributed by atoms with Crippen LogP contribution in [0.4, 0.5) is 4.39 Å². The van der Waals surface area contributed by atoms with E-state index in [-0.39, 0.29) is 11.1 Å². The lowest BCUT2D eigenvalue weighted by molar-refractivity contribution is 0.0595. The number of ether oxygens (including phenoxy) is 1. The highest BCUT2D eigenvalue weighted by Crippen LogP contribution is 2.32. The monoisotopic (exact) mass is 338 g/mol. The number of nitrogens with one attached hydrogen (secondary N) is 1. The summed E-state index contributed by atoms with van der Waals surface area (Å²) >= 11 is 9.06. The molecule has 1 rings (SSSR count). The van der Waals surface area contributed by atoms with Gasteiger partial charge in [-0.1, -0.05) is 31.0 Å². The molecule has 0 bridgehead atoms. The molecule has 2 unspecified atom stereocenters. The average molecular weight is 340 g/mol. The number of methoxy groups -OCH3 is 1. The normalized spacial score (nSPS) is 14.6. The van der Waals surface area contributed by atoms with Crippen LogP contribution in [0.2, 0.25) is 5.02 Å². The Bertz CT molecular complexity index is 406. The highest BCUT2D eigenvalue weighted by molar-refractivity contribution is 9.10. The van der Waals surface area contributed by atoms with Gasteiger partial charge in [0.2, 0.25) is 0 Å². The fourth-order valence-corrected chi connectivity index (χ4v) is 2.36. The largest absolute Gasteiger partial charge is 0.379 e. The van der Waals surface area contributed by atoms with E-state index in [1.54, 1.807) is 19.2 Å². The first-order valence-corrected chi connectivity index (χ1v) is 6.86. The molecule has 0 saturated heterocycles. The van der Waals surface area contributed by atoms with Crippen molar-refractivity contribution >= 4 is 27.5 Å². The molecule has 18 heavy (non-hydrogen) atoms. The summed E-state index contributed by atoms with van der Waals surface area (Å²) in [5.41, 5.74) is 3.01. The van der Waals surface area contributed by atoms with E-state index in [4.69, 9.17) is 22.2 Å². The van der Waals surface area contributed by atoms with Gasteiger partial charge in [-0.05, 0) is 28.4 Å². The van der Waals surface area contributed by atoms with Crippen LogP contribution in [0.25, 0.3) is 0 Å². The number of rotatable bonds is 6. The van der Waals surface area contributed by atoms with Gasteiger partial charge < -0.3 is 4.74 Å². The van der Waals surface area contributed by atoms with Crippen LogP contribution >= 0.6 is 27.5 Å². The van der Waals surface area contributed by atoms with Crippen molar-refractivity contribution < 1.29 is 9.13 Å². The van der Waals surface area contributed by atoms with Crippen molar-refractivity contribution in [1.82, 2.24) is 5.43 Å². The minimum atomic E-state index is -0.479. The van der Waals surface area contributed by atoms with Crippen LogP contribution in [0.1, 0.15) is 31.4 Å². The van der Waals surface area contributed by atoms with Crippen LogP contribution in [-0.4, -0.2) is 13.2 Å². The Morgan fingerprint density at radius 2 is 2.22 bits per heavy atom. The zero-order valence-corrected chi connectivity index (χ0v) is 12.7. The summed E-state index contributed by atoms with van der Waals surface area (Å²) in [4.78, 5) is 0. The standard InChI is InChI=1S/C12H17BrClFN2O/c1-3-4-9(18-2)12(17-16)7-5-6-8(13)10(14)11(7)15/h5-6,9,12,17H,3-4,16H2,1-2H3. The second-order valence-electron chi connectivity index (χ2n) is 3.97. The number of hydrogen-bond acceptors (Lipinski definition) is 3. The highest BCUT2D eigenvalue weighted by Gasteiger charge is 2.25. The zero-order valence-electron chi connectivity index (χ0n) is 10.3. The van der Waals surface area contributed by atoms with Crippen molar-refractivity contribution in [3.05, 3.63) is 33.0 Å². The Balaban J connectivity index is 3.12. The summed E-state index contributed by atoms with van der Waals surface area (Å²) < 4.78 is 20.0. The molecule has 1 aromatic carbocycles. The first-order chi connectivity index (χ1) is 8.56. The van der Waals surface area contributed by atoms with E-state index < -0.39 is 11.9 Å². The van der Waals surface area contributed by atoms with Crippen LogP contribution in [0.15, 0.2) is 16.6 Å². The van der Waals surface area contributed by atoms with Crippen LogP contribution in [0.5, 0.6) is 0 Å². The highest BCUT2D eigenvalue weighted by atomic mass is 79.9. The van der Waals surface area contributed by atoms with E-state index in [9.17, 15) is 4.39 Å². The fourth-order valence-electron chi connectivity index (χ4n) is 1.88. The number of benzene rings is 1. The van der Waals surface area contributed by atoms with Crippen LogP contribution in [0, 0.1) is 5.82 Å². The van der Waals surface area contributed by atoms with Crippen molar-refractivity contribution in [3.63, 3.8) is 0 Å². The lowest BCUT2D eigenvalue weighted by Crippen LogP contribution is -2.38. The molecule has 102 valence electrons. The van der Waals surface area contributed by atoms with Crippen molar-refractivity contribution in [2.45, 2.75) is 31.9 Å². The maximum atomic E-state index is 14.1. The molecule has 0 heterocycles. The number of nitrogens with two attached hydrogens (primary N) is 1. The minimum absolute atomic E-state index is 0.0547. The zero-order chi connectivity index (χ0) is 13.7. The summed E-state index contributed by atoms with van der Waals surface area (Å²) in [6.07, 6.45) is 1.49. The molecule has 3 N–H and O–H groups in total. The van der Waals surface area contributed by atoms with Crippen molar-refractivity contribution in [2.24, 2.45) is 5.84 Å². The van der Waals surface area contributed by atoms with Gasteiger partial charge in [-0.2, -0.15) is 0 Å². The van der Waals surface area contributed by atoms with Crippen molar-refractivity contribution in [2.75, 3.05) is 7.11 Å². The molecular weight excluding hydrogens is 322 g/mol. The van der Waals surface area contributed by atoms with Gasteiger partial charge in [0.05, 0.1) is 17.2 Å². The molecule has 6 heteroatoms. The topological polar surface area (TPSA) is 47.3 Å². The second kappa shape index (κ2) is 7.40. The summed E-state index contributed by atoms with van der Waals surface area (Å²) in [6, 6.07) is 2.92. The number of hydrazine groups is 1. The van der Waals surface area contributed by atoms with Crippen LogP contribution in [-0.2, 0) is 4.74 Å². The summed E-state index contributed by atoms with van der Waals surface area (Å²) in [7, 11) is 1.59. The average Bonchev–Trinajstić information content (AvgIpc) is 2.38. The van der Waals surface area contributed by atoms with E-state index >= 15 is 0 Å². The summed E-state index contributed by atoms with van der Waals surface area (Å²) in [5, 5.41) is 0.0547. The third kappa shape index (κ3) is 3.42. The predicted octanol–water partition coefficient (Wildman–Crippen LogP) is 3.56. The SMILES string of the molecule is CCCC(OC)C(NN)c1ccc(Br)c(Cl)c1F. The summed E-state index contributed by atoms with van der Waals surface area (Å²) in [6.45, 7) is 2.03. The van der Waals surface area contributed by atoms with Gasteiger partial charge in [0.25, 0.3) is 0 Å². The molecular formula is C12H17BrClFN2O. The van der Waals surface area contributed by atoms with E-state index in [1.165, 1.54) is 0 Å². The maximum Gasteiger partial charge on any atom is 0.147 e. The van der Waals surface area contributed by atoms with Gasteiger partial charge >= 0.3 is 0 Å². The molecule has 3 nitrogen and oxygen atoms in total. The second-order valence-corrected chi connectivity index (χ2v) is 5.20. The molecule has 1 aromatic rings. The van der Waals surface area contributed by atoms with E-state index in [0.29, 0.717) is 10.0 Å². The molecule has 0 amide bonds. The Kier molecular flexibility index (Phi) is 6.52. The first-order valence-electron chi connectivity index (χ1n) is 5.69. The molecule has 0 aromatic heterocycles. The molecule has 0 aliphatic rings. The fraction of sp³-hybridized carbons (Fsp3) is 0.500. The first kappa shape index (κ1) is 15.9. The van der Waals surface area contributed by atoms with E-state index in [0.717, 1.165) is 12.8 Å². The predicted molar refractivity (Wildman–Crippen MR) is 74.9 cm³/mol. The molecule has 0 saturated carbocycles. The van der Waals surface area contributed by atoms with Crippen molar-refractivity contribution in [1.29, 1.82) is 0 Å². The van der Waals surface area contributed by atoms with Gasteiger partial charge in [0.1, 0.15) is 5.82 Å². The third-order valence-corrected chi connectivity index (χ3v) is 4.09. The molecule has 0 radical (unpaired) electrons. The Morgan fingerprint density at radius 1 is 1.56 bits per heavy atom. The van der Waals surface area contributed by atoms with Gasteiger partial charge in [0, 0.05) is 17.1 Å². The number of halogens is 3. The summed E-state index contributed by atoms with van der Waals surface area (Å²) in [5.74, 6) is 5.04. The van der Waals surface area contributed by atoms with Gasteiger partial charge in [-0.15, -0.1) is 0 Å². The third-order valence-electron chi connectivity index (χ3n) is 2.83. The molecule has 0 aliphatic heterocycles. The number of hydrogen-bond donors (Lipinski definition) is 2. The van der Waals surface area contributed by atoms with E-state index in [2.05, 4.69) is 21.4 Å². The Morgan fingerprint density at radius 3 is 2.72 bits per heavy atom. The van der Waals surface area contributed by atoms with Crippen LogP contribution < -0.4 is 11.3 Å². The van der Waals surface area contributed by atoms with Gasteiger partial charge in [-0.25, -0.2) is 4.39 Å².